The van der Waals surface area contributed by atoms with Gasteiger partial charge in [0, 0.05) is 6.42 Å². The molecule has 0 aliphatic heterocycles. The van der Waals surface area contributed by atoms with Crippen molar-refractivity contribution < 1.29 is 24.5 Å². The van der Waals surface area contributed by atoms with E-state index < -0.39 is 18.2 Å². The van der Waals surface area contributed by atoms with Crippen molar-refractivity contribution in [3.05, 3.63) is 12.2 Å². The van der Waals surface area contributed by atoms with Gasteiger partial charge in [-0.1, -0.05) is 251 Å². The molecule has 3 atom stereocenters. The molecule has 0 radical (unpaired) electrons. The van der Waals surface area contributed by atoms with E-state index in [-0.39, 0.29) is 24.9 Å². The first kappa shape index (κ1) is 59.6. The quantitative estimate of drug-likeness (QED) is 0.0322. The van der Waals surface area contributed by atoms with Crippen molar-refractivity contribution in [3.63, 3.8) is 0 Å². The predicted molar refractivity (Wildman–Crippen MR) is 264 cm³/mol. The predicted octanol–water partition coefficient (Wildman–Crippen LogP) is 16.5. The molecule has 0 rings (SSSR count). The average Bonchev–Trinajstić information content (AvgIpc) is 3.25. The van der Waals surface area contributed by atoms with E-state index in [9.17, 15) is 19.8 Å². The van der Waals surface area contributed by atoms with Crippen molar-refractivity contribution in [2.45, 2.75) is 322 Å². The second kappa shape index (κ2) is 49.6. The number of hydrogen-bond donors (Lipinski definition) is 3. The van der Waals surface area contributed by atoms with Crippen LogP contribution in [0.25, 0.3) is 0 Å². The van der Waals surface area contributed by atoms with Crippen LogP contribution in [0.3, 0.4) is 0 Å². The Hall–Kier alpha value is -1.40. The van der Waals surface area contributed by atoms with Crippen LogP contribution >= 0.6 is 0 Å². The van der Waals surface area contributed by atoms with Crippen molar-refractivity contribution in [2.75, 3.05) is 6.61 Å². The third-order valence-corrected chi connectivity index (χ3v) is 12.8. The third kappa shape index (κ3) is 45.0. The molecule has 0 aliphatic carbocycles. The molecular formula is C55H107NO5. The van der Waals surface area contributed by atoms with E-state index in [1.54, 1.807) is 0 Å². The highest BCUT2D eigenvalue weighted by Gasteiger charge is 2.24. The molecule has 0 heterocycles. The molecule has 362 valence electrons. The Balaban J connectivity index is 4.41. The van der Waals surface area contributed by atoms with Gasteiger partial charge in [0.2, 0.25) is 5.91 Å². The zero-order valence-electron chi connectivity index (χ0n) is 41.3. The molecule has 0 aromatic heterocycles. The fraction of sp³-hybridized carbons (Fsp3) is 0.927. The van der Waals surface area contributed by atoms with Gasteiger partial charge in [-0.25, -0.2) is 0 Å². The lowest BCUT2D eigenvalue weighted by Crippen LogP contribution is -2.46. The van der Waals surface area contributed by atoms with Crippen molar-refractivity contribution >= 4 is 11.9 Å². The number of rotatable bonds is 50. The molecule has 0 fully saturated rings. The zero-order valence-corrected chi connectivity index (χ0v) is 41.3. The summed E-state index contributed by atoms with van der Waals surface area (Å²) in [4.78, 5) is 26.1. The molecule has 3 N–H and O–H groups in total. The Kier molecular flexibility index (Phi) is 48.5. The molecule has 0 saturated carbocycles. The van der Waals surface area contributed by atoms with Crippen LogP contribution in [0.1, 0.15) is 303 Å². The van der Waals surface area contributed by atoms with Crippen LogP contribution in [0.2, 0.25) is 0 Å². The van der Waals surface area contributed by atoms with Crippen LogP contribution in [0, 0.1) is 0 Å². The van der Waals surface area contributed by atoms with Gasteiger partial charge < -0.3 is 20.3 Å². The highest BCUT2D eigenvalue weighted by Crippen LogP contribution is 2.19. The molecule has 3 unspecified atom stereocenters. The number of carbonyl (C=O) groups is 2. The lowest BCUT2D eigenvalue weighted by molar-refractivity contribution is -0.151. The molecular weight excluding hydrogens is 755 g/mol. The Bertz CT molecular complexity index is 924. The summed E-state index contributed by atoms with van der Waals surface area (Å²) in [6.45, 7) is 6.50. The van der Waals surface area contributed by atoms with Gasteiger partial charge in [-0.05, 0) is 51.4 Å². The summed E-state index contributed by atoms with van der Waals surface area (Å²) in [5, 5.41) is 23.8. The summed E-state index contributed by atoms with van der Waals surface area (Å²) in [6, 6.07) is -0.695. The highest BCUT2D eigenvalue weighted by molar-refractivity contribution is 5.77. The van der Waals surface area contributed by atoms with Crippen molar-refractivity contribution in [1.82, 2.24) is 5.32 Å². The summed E-state index contributed by atoms with van der Waals surface area (Å²) >= 11 is 0. The molecule has 0 aromatic carbocycles. The number of carbonyl (C=O) groups excluding carboxylic acids is 2. The highest BCUT2D eigenvalue weighted by atomic mass is 16.5. The Morgan fingerprint density at radius 2 is 0.787 bits per heavy atom. The van der Waals surface area contributed by atoms with Crippen molar-refractivity contribution in [1.29, 1.82) is 0 Å². The van der Waals surface area contributed by atoms with E-state index in [2.05, 4.69) is 38.2 Å². The van der Waals surface area contributed by atoms with Crippen LogP contribution < -0.4 is 5.32 Å². The summed E-state index contributed by atoms with van der Waals surface area (Å²) in [5.41, 5.74) is 0. The van der Waals surface area contributed by atoms with Crippen LogP contribution in [-0.4, -0.2) is 46.9 Å². The molecule has 0 aromatic rings. The molecule has 0 saturated heterocycles. The summed E-state index contributed by atoms with van der Waals surface area (Å²) < 4.78 is 5.93. The average molecular weight is 862 g/mol. The number of amides is 1. The topological polar surface area (TPSA) is 95.9 Å². The van der Waals surface area contributed by atoms with Gasteiger partial charge in [0.05, 0.1) is 25.2 Å². The first-order valence-corrected chi connectivity index (χ1v) is 27.4. The van der Waals surface area contributed by atoms with Gasteiger partial charge in [0.1, 0.15) is 6.10 Å². The molecule has 0 bridgehead atoms. The minimum absolute atomic E-state index is 0.0829. The number of aliphatic hydroxyl groups is 2. The molecule has 6 nitrogen and oxygen atoms in total. The second-order valence-electron chi connectivity index (χ2n) is 19.0. The van der Waals surface area contributed by atoms with E-state index in [4.69, 9.17) is 4.74 Å². The normalized spacial score (nSPS) is 13.2. The maximum absolute atomic E-state index is 13.2. The fourth-order valence-corrected chi connectivity index (χ4v) is 8.66. The van der Waals surface area contributed by atoms with Gasteiger partial charge >= 0.3 is 5.97 Å². The zero-order chi connectivity index (χ0) is 44.5. The fourth-order valence-electron chi connectivity index (χ4n) is 8.66. The molecule has 61 heavy (non-hydrogen) atoms. The van der Waals surface area contributed by atoms with E-state index in [0.29, 0.717) is 19.3 Å². The van der Waals surface area contributed by atoms with Gasteiger partial charge in [-0.2, -0.15) is 0 Å². The van der Waals surface area contributed by atoms with Gasteiger partial charge in [-0.15, -0.1) is 0 Å². The minimum Gasteiger partial charge on any atom is -0.462 e. The minimum atomic E-state index is -0.782. The maximum Gasteiger partial charge on any atom is 0.306 e. The Morgan fingerprint density at radius 1 is 0.459 bits per heavy atom. The number of hydrogen-bond acceptors (Lipinski definition) is 5. The number of unbranched alkanes of at least 4 members (excludes halogenated alkanes) is 36. The number of esters is 1. The van der Waals surface area contributed by atoms with Crippen molar-refractivity contribution in [2.24, 2.45) is 0 Å². The lowest BCUT2D eigenvalue weighted by atomic mass is 10.0. The third-order valence-electron chi connectivity index (χ3n) is 12.8. The van der Waals surface area contributed by atoms with Crippen molar-refractivity contribution in [3.8, 4) is 0 Å². The Labute approximate surface area is 380 Å². The monoisotopic (exact) mass is 862 g/mol. The van der Waals surface area contributed by atoms with Crippen LogP contribution in [0.4, 0.5) is 0 Å². The molecule has 0 aliphatic rings. The van der Waals surface area contributed by atoms with Crippen LogP contribution in [-0.2, 0) is 14.3 Å². The van der Waals surface area contributed by atoms with E-state index >= 15 is 0 Å². The first-order valence-electron chi connectivity index (χ1n) is 27.4. The van der Waals surface area contributed by atoms with E-state index in [0.717, 1.165) is 44.9 Å². The second-order valence-corrected chi connectivity index (χ2v) is 19.0. The molecule has 1 amide bonds. The summed E-state index contributed by atoms with van der Waals surface area (Å²) in [5.74, 6) is -0.461. The molecule has 6 heteroatoms. The SMILES string of the molecule is CCCCCC/C=C\CCCCCCCCCC(=O)OC(CCCCCCCCCCCC)CC(=O)NC(CO)C(O)CCCCCCCCCCCCCCCCCCC. The maximum atomic E-state index is 13.2. The van der Waals surface area contributed by atoms with Crippen LogP contribution in [0.5, 0.6) is 0 Å². The number of nitrogens with one attached hydrogen (secondary N) is 1. The van der Waals surface area contributed by atoms with Crippen LogP contribution in [0.15, 0.2) is 12.2 Å². The van der Waals surface area contributed by atoms with Gasteiger partial charge in [0.15, 0.2) is 0 Å². The number of ether oxygens (including phenoxy) is 1. The van der Waals surface area contributed by atoms with Gasteiger partial charge in [-0.3, -0.25) is 9.59 Å². The van der Waals surface area contributed by atoms with Gasteiger partial charge in [0.25, 0.3) is 0 Å². The Morgan fingerprint density at radius 3 is 1.18 bits per heavy atom. The standard InChI is InChI=1S/C55H107NO5/c1-4-7-10-13-16-19-22-24-26-27-29-30-32-35-38-41-44-47-53(58)52(50-57)56-54(59)49-51(46-43-40-37-34-21-18-15-12-9-6-3)61-55(60)48-45-42-39-36-33-31-28-25-23-20-17-14-11-8-5-2/h20,23,51-53,57-58H,4-19,21-22,24-50H2,1-3H3,(H,56,59)/b23-20-. The summed E-state index contributed by atoms with van der Waals surface area (Å²) in [6.07, 6.45) is 55.6. The lowest BCUT2D eigenvalue weighted by Gasteiger charge is -2.24. The number of aliphatic hydroxyl groups excluding tert-OH is 2. The van der Waals surface area contributed by atoms with E-state index in [1.165, 1.54) is 212 Å². The smallest absolute Gasteiger partial charge is 0.306 e. The summed E-state index contributed by atoms with van der Waals surface area (Å²) in [7, 11) is 0. The van der Waals surface area contributed by atoms with E-state index in [1.807, 2.05) is 0 Å². The largest absolute Gasteiger partial charge is 0.462 e. The number of allylic oxidation sites excluding steroid dienone is 2. The molecule has 0 spiro atoms. The first-order chi connectivity index (χ1) is 30.0.